The number of esters is 1. The van der Waals surface area contributed by atoms with Crippen LogP contribution in [0.5, 0.6) is 0 Å². The molecule has 84 valence electrons. The van der Waals surface area contributed by atoms with Gasteiger partial charge in [-0.3, -0.25) is 0 Å². The van der Waals surface area contributed by atoms with E-state index in [9.17, 15) is 4.79 Å². The number of carbonyl (C=O) groups excluding carboxylic acids is 1. The Morgan fingerprint density at radius 3 is 2.80 bits per heavy atom. The standard InChI is InChI=1S/C10H13Cl2NO2/c1-3-15-9(14)6-4-7(11)8(13)10(2,12)5-6/h4-5,8H,3,13H2,1-2H3. The van der Waals surface area contributed by atoms with Gasteiger partial charge in [0.2, 0.25) is 0 Å². The Morgan fingerprint density at radius 1 is 1.73 bits per heavy atom. The summed E-state index contributed by atoms with van der Waals surface area (Å²) in [5, 5.41) is 0.359. The number of nitrogens with two attached hydrogens (primary N) is 1. The summed E-state index contributed by atoms with van der Waals surface area (Å²) in [7, 11) is 0. The third-order valence-corrected chi connectivity index (χ3v) is 2.84. The summed E-state index contributed by atoms with van der Waals surface area (Å²) in [5.41, 5.74) is 6.11. The summed E-state index contributed by atoms with van der Waals surface area (Å²) in [6.07, 6.45) is 3.07. The molecule has 0 aromatic heterocycles. The van der Waals surface area contributed by atoms with E-state index in [1.54, 1.807) is 19.9 Å². The predicted octanol–water partition coefficient (Wildman–Crippen LogP) is 1.94. The molecule has 0 aromatic carbocycles. The Kier molecular flexibility index (Phi) is 3.82. The van der Waals surface area contributed by atoms with Crippen LogP contribution < -0.4 is 5.73 Å². The normalized spacial score (nSPS) is 30.6. The zero-order valence-electron chi connectivity index (χ0n) is 8.59. The van der Waals surface area contributed by atoms with Crippen LogP contribution in [0.25, 0.3) is 0 Å². The highest BCUT2D eigenvalue weighted by molar-refractivity contribution is 6.34. The van der Waals surface area contributed by atoms with Crippen LogP contribution in [0.2, 0.25) is 0 Å². The highest BCUT2D eigenvalue weighted by atomic mass is 35.5. The SMILES string of the molecule is CCOC(=O)C1=CC(C)(Cl)C(N)C(Cl)=C1. The van der Waals surface area contributed by atoms with Crippen LogP contribution in [-0.4, -0.2) is 23.5 Å². The van der Waals surface area contributed by atoms with Gasteiger partial charge in [-0.2, -0.15) is 0 Å². The molecule has 1 rings (SSSR count). The molecule has 0 saturated heterocycles. The van der Waals surface area contributed by atoms with Gasteiger partial charge in [0, 0.05) is 5.03 Å². The monoisotopic (exact) mass is 249 g/mol. The Hall–Kier alpha value is -0.510. The van der Waals surface area contributed by atoms with Gasteiger partial charge in [0.05, 0.1) is 23.1 Å². The zero-order valence-corrected chi connectivity index (χ0v) is 10.1. The van der Waals surface area contributed by atoms with Gasteiger partial charge >= 0.3 is 5.97 Å². The molecule has 5 heteroatoms. The molecular formula is C10H13Cl2NO2. The van der Waals surface area contributed by atoms with Gasteiger partial charge in [-0.25, -0.2) is 4.79 Å². The average Bonchev–Trinajstić information content (AvgIpc) is 2.13. The molecule has 0 fully saturated rings. The minimum Gasteiger partial charge on any atom is -0.462 e. The summed E-state index contributed by atoms with van der Waals surface area (Å²) < 4.78 is 4.85. The topological polar surface area (TPSA) is 52.3 Å². The molecule has 0 heterocycles. The van der Waals surface area contributed by atoms with E-state index in [1.807, 2.05) is 0 Å². The van der Waals surface area contributed by atoms with Crippen LogP contribution in [0.1, 0.15) is 13.8 Å². The summed E-state index contributed by atoms with van der Waals surface area (Å²) in [4.78, 5) is 10.6. The van der Waals surface area contributed by atoms with Gasteiger partial charge in [0.1, 0.15) is 0 Å². The number of halogens is 2. The number of alkyl halides is 1. The molecule has 1 aliphatic carbocycles. The first-order chi connectivity index (χ1) is 6.88. The van der Waals surface area contributed by atoms with Crippen molar-refractivity contribution in [1.82, 2.24) is 0 Å². The van der Waals surface area contributed by atoms with Gasteiger partial charge < -0.3 is 10.5 Å². The highest BCUT2D eigenvalue weighted by Gasteiger charge is 2.34. The second kappa shape index (κ2) is 4.56. The summed E-state index contributed by atoms with van der Waals surface area (Å²) in [5.74, 6) is -0.436. The number of ether oxygens (including phenoxy) is 1. The van der Waals surface area contributed by atoms with Crippen molar-refractivity contribution in [3.8, 4) is 0 Å². The number of hydrogen-bond donors (Lipinski definition) is 1. The molecule has 2 atom stereocenters. The van der Waals surface area contributed by atoms with E-state index in [0.717, 1.165) is 0 Å². The number of rotatable bonds is 2. The molecule has 0 bridgehead atoms. The van der Waals surface area contributed by atoms with Crippen LogP contribution in [0, 0.1) is 0 Å². The fraction of sp³-hybridized carbons (Fsp3) is 0.500. The molecule has 0 amide bonds. The molecule has 2 N–H and O–H groups in total. The van der Waals surface area contributed by atoms with Crippen molar-refractivity contribution < 1.29 is 9.53 Å². The van der Waals surface area contributed by atoms with Crippen molar-refractivity contribution in [3.05, 3.63) is 22.8 Å². The first-order valence-electron chi connectivity index (χ1n) is 4.60. The van der Waals surface area contributed by atoms with Gasteiger partial charge in [-0.05, 0) is 26.0 Å². The van der Waals surface area contributed by atoms with Crippen molar-refractivity contribution in [2.24, 2.45) is 5.73 Å². The average molecular weight is 250 g/mol. The quantitative estimate of drug-likeness (QED) is 0.601. The minimum absolute atomic E-state index is 0.312. The van der Waals surface area contributed by atoms with E-state index in [1.165, 1.54) is 6.08 Å². The third kappa shape index (κ3) is 2.74. The lowest BCUT2D eigenvalue weighted by Crippen LogP contribution is -2.42. The van der Waals surface area contributed by atoms with Crippen molar-refractivity contribution in [2.45, 2.75) is 24.8 Å². The van der Waals surface area contributed by atoms with Crippen molar-refractivity contribution in [3.63, 3.8) is 0 Å². The smallest absolute Gasteiger partial charge is 0.337 e. The molecule has 0 saturated carbocycles. The summed E-state index contributed by atoms with van der Waals surface area (Å²) in [6.45, 7) is 3.75. The molecule has 3 nitrogen and oxygen atoms in total. The lowest BCUT2D eigenvalue weighted by atomic mass is 9.92. The Balaban J connectivity index is 2.97. The molecule has 0 spiro atoms. The molecule has 0 aliphatic heterocycles. The van der Waals surface area contributed by atoms with E-state index >= 15 is 0 Å². The van der Waals surface area contributed by atoms with E-state index in [2.05, 4.69) is 0 Å². The van der Waals surface area contributed by atoms with Crippen molar-refractivity contribution in [2.75, 3.05) is 6.61 Å². The lowest BCUT2D eigenvalue weighted by molar-refractivity contribution is -0.138. The maximum Gasteiger partial charge on any atom is 0.337 e. The summed E-state index contributed by atoms with van der Waals surface area (Å²) >= 11 is 12.0. The maximum absolute atomic E-state index is 11.4. The molecule has 0 aromatic rings. The molecule has 1 aliphatic rings. The van der Waals surface area contributed by atoms with Crippen molar-refractivity contribution in [1.29, 1.82) is 0 Å². The first kappa shape index (κ1) is 12.6. The van der Waals surface area contributed by atoms with E-state index in [-0.39, 0.29) is 0 Å². The Morgan fingerprint density at radius 2 is 2.33 bits per heavy atom. The largest absolute Gasteiger partial charge is 0.462 e. The second-order valence-corrected chi connectivity index (χ2v) is 4.73. The zero-order chi connectivity index (χ0) is 11.6. The van der Waals surface area contributed by atoms with Crippen LogP contribution in [0.4, 0.5) is 0 Å². The van der Waals surface area contributed by atoms with E-state index < -0.39 is 16.9 Å². The second-order valence-electron chi connectivity index (χ2n) is 3.48. The fourth-order valence-electron chi connectivity index (χ4n) is 1.28. The third-order valence-electron chi connectivity index (χ3n) is 2.15. The summed E-state index contributed by atoms with van der Waals surface area (Å²) in [6, 6.07) is -0.501. The lowest BCUT2D eigenvalue weighted by Gasteiger charge is -2.29. The van der Waals surface area contributed by atoms with Crippen LogP contribution in [0.15, 0.2) is 22.8 Å². The van der Waals surface area contributed by atoms with Crippen LogP contribution in [-0.2, 0) is 9.53 Å². The van der Waals surface area contributed by atoms with Crippen molar-refractivity contribution >= 4 is 29.2 Å². The Labute approximate surface area is 98.9 Å². The van der Waals surface area contributed by atoms with Gasteiger partial charge in [-0.1, -0.05) is 11.6 Å². The van der Waals surface area contributed by atoms with Crippen LogP contribution >= 0.6 is 23.2 Å². The molecule has 0 radical (unpaired) electrons. The van der Waals surface area contributed by atoms with Crippen LogP contribution in [0.3, 0.4) is 0 Å². The van der Waals surface area contributed by atoms with Gasteiger partial charge in [-0.15, -0.1) is 11.6 Å². The van der Waals surface area contributed by atoms with Gasteiger partial charge in [0.15, 0.2) is 0 Å². The first-order valence-corrected chi connectivity index (χ1v) is 5.35. The Bertz CT molecular complexity index is 334. The fourth-order valence-corrected chi connectivity index (χ4v) is 1.91. The molecule has 15 heavy (non-hydrogen) atoms. The van der Waals surface area contributed by atoms with E-state index in [4.69, 9.17) is 33.7 Å². The molecule has 2 unspecified atom stereocenters. The molecular weight excluding hydrogens is 237 g/mol. The maximum atomic E-state index is 11.4. The van der Waals surface area contributed by atoms with Gasteiger partial charge in [0.25, 0.3) is 0 Å². The predicted molar refractivity (Wildman–Crippen MR) is 60.9 cm³/mol. The number of hydrogen-bond acceptors (Lipinski definition) is 3. The number of carbonyl (C=O) groups is 1. The minimum atomic E-state index is -0.853. The van der Waals surface area contributed by atoms with E-state index in [0.29, 0.717) is 17.2 Å². The highest BCUT2D eigenvalue weighted by Crippen LogP contribution is 2.33.